The van der Waals surface area contributed by atoms with E-state index in [1.54, 1.807) is 30.5 Å². The Balaban J connectivity index is 1.38. The molecule has 1 aliphatic rings. The van der Waals surface area contributed by atoms with Gasteiger partial charge in [0.1, 0.15) is 0 Å². The molecule has 7 nitrogen and oxygen atoms in total. The van der Waals surface area contributed by atoms with E-state index in [-0.39, 0.29) is 22.6 Å². The average molecular weight is 470 g/mol. The molecule has 9 heteroatoms. The first-order chi connectivity index (χ1) is 15.3. The van der Waals surface area contributed by atoms with Crippen molar-refractivity contribution in [2.75, 3.05) is 24.2 Å². The summed E-state index contributed by atoms with van der Waals surface area (Å²) < 4.78 is 23.5. The number of ketones is 1. The number of piperidine rings is 1. The van der Waals surface area contributed by atoms with Gasteiger partial charge in [-0.05, 0) is 37.1 Å². The Kier molecular flexibility index (Phi) is 6.38. The van der Waals surface area contributed by atoms with E-state index in [1.165, 1.54) is 23.5 Å². The molecule has 2 aromatic carbocycles. The van der Waals surface area contributed by atoms with Gasteiger partial charge in [-0.25, -0.2) is 13.4 Å². The molecule has 166 valence electrons. The zero-order valence-electron chi connectivity index (χ0n) is 17.5. The molecule has 0 atom stereocenters. The Morgan fingerprint density at radius 1 is 1.03 bits per heavy atom. The Morgan fingerprint density at radius 3 is 2.41 bits per heavy atom. The molecule has 4 rings (SSSR count). The topological polar surface area (TPSA) is 96.4 Å². The van der Waals surface area contributed by atoms with Gasteiger partial charge < -0.3 is 10.2 Å². The van der Waals surface area contributed by atoms with Crippen LogP contribution in [-0.2, 0) is 9.84 Å². The third kappa shape index (κ3) is 5.05. The SMILES string of the molecule is CS(=O)(=O)c1cccc(C(=O)c2cnc(N3CCC(NC(=O)c4ccccc4)CC3)s2)c1. The highest BCUT2D eigenvalue weighted by Gasteiger charge is 2.24. The minimum absolute atomic E-state index is 0.0671. The maximum absolute atomic E-state index is 12.8. The number of sulfone groups is 1. The fraction of sp³-hybridized carbons (Fsp3) is 0.261. The predicted octanol–water partition coefficient (Wildman–Crippen LogP) is 3.18. The van der Waals surface area contributed by atoms with Crippen LogP contribution < -0.4 is 10.2 Å². The summed E-state index contributed by atoms with van der Waals surface area (Å²) in [6.45, 7) is 1.45. The molecule has 1 N–H and O–H groups in total. The van der Waals surface area contributed by atoms with Crippen LogP contribution in [-0.4, -0.2) is 50.5 Å². The summed E-state index contributed by atoms with van der Waals surface area (Å²) in [5.74, 6) is -0.313. The number of carbonyl (C=O) groups is 2. The van der Waals surface area contributed by atoms with E-state index >= 15 is 0 Å². The number of anilines is 1. The van der Waals surface area contributed by atoms with Gasteiger partial charge in [-0.3, -0.25) is 9.59 Å². The number of hydrogen-bond acceptors (Lipinski definition) is 7. The lowest BCUT2D eigenvalue weighted by molar-refractivity contribution is 0.0930. The van der Waals surface area contributed by atoms with E-state index in [9.17, 15) is 18.0 Å². The molecule has 0 bridgehead atoms. The van der Waals surface area contributed by atoms with Gasteiger partial charge in [0, 0.05) is 36.5 Å². The third-order valence-electron chi connectivity index (χ3n) is 5.38. The van der Waals surface area contributed by atoms with Crippen LogP contribution >= 0.6 is 11.3 Å². The van der Waals surface area contributed by atoms with E-state index in [4.69, 9.17) is 0 Å². The van der Waals surface area contributed by atoms with Crippen molar-refractivity contribution in [1.82, 2.24) is 10.3 Å². The molecule has 32 heavy (non-hydrogen) atoms. The second kappa shape index (κ2) is 9.22. The Hall–Kier alpha value is -3.04. The summed E-state index contributed by atoms with van der Waals surface area (Å²) in [6, 6.07) is 15.3. The number of carbonyl (C=O) groups excluding carboxylic acids is 2. The van der Waals surface area contributed by atoms with Crippen LogP contribution in [0.1, 0.15) is 38.4 Å². The van der Waals surface area contributed by atoms with E-state index in [0.717, 1.165) is 37.3 Å². The van der Waals surface area contributed by atoms with E-state index in [2.05, 4.69) is 15.2 Å². The van der Waals surface area contributed by atoms with Crippen LogP contribution in [0, 0.1) is 0 Å². The number of thiazole rings is 1. The standard InChI is InChI=1S/C23H23N3O4S2/c1-32(29,30)19-9-5-8-17(14-19)21(27)20-15-24-23(31-20)26-12-10-18(11-13-26)25-22(28)16-6-3-2-4-7-16/h2-9,14-15,18H,10-13H2,1H3,(H,25,28). The number of rotatable bonds is 6. The van der Waals surface area contributed by atoms with Crippen molar-refractivity contribution < 1.29 is 18.0 Å². The van der Waals surface area contributed by atoms with Gasteiger partial charge in [-0.15, -0.1) is 0 Å². The van der Waals surface area contributed by atoms with Crippen LogP contribution in [0.3, 0.4) is 0 Å². The molecular formula is C23H23N3O4S2. The first-order valence-electron chi connectivity index (χ1n) is 10.2. The Labute approximate surface area is 191 Å². The first-order valence-corrected chi connectivity index (χ1v) is 12.9. The molecule has 2 heterocycles. The summed E-state index contributed by atoms with van der Waals surface area (Å²) in [6.07, 6.45) is 4.24. The van der Waals surface area contributed by atoms with Gasteiger partial charge in [-0.1, -0.05) is 41.7 Å². The zero-order chi connectivity index (χ0) is 22.7. The molecule has 0 saturated carbocycles. The summed E-state index contributed by atoms with van der Waals surface area (Å²) in [5, 5.41) is 3.83. The van der Waals surface area contributed by atoms with Gasteiger partial charge in [0.05, 0.1) is 16.0 Å². The number of nitrogens with one attached hydrogen (secondary N) is 1. The van der Waals surface area contributed by atoms with Crippen LogP contribution in [0.5, 0.6) is 0 Å². The van der Waals surface area contributed by atoms with Gasteiger partial charge in [-0.2, -0.15) is 0 Å². The second-order valence-corrected chi connectivity index (χ2v) is 10.8. The summed E-state index contributed by atoms with van der Waals surface area (Å²) in [5.41, 5.74) is 0.975. The summed E-state index contributed by atoms with van der Waals surface area (Å²) in [4.78, 5) is 32.3. The molecule has 3 aromatic rings. The normalized spacial score (nSPS) is 14.8. The molecule has 1 aliphatic heterocycles. The highest BCUT2D eigenvalue weighted by atomic mass is 32.2. The highest BCUT2D eigenvalue weighted by molar-refractivity contribution is 7.90. The van der Waals surface area contributed by atoms with E-state index in [1.807, 2.05) is 18.2 Å². The molecule has 1 fully saturated rings. The number of amides is 1. The Bertz CT molecular complexity index is 1230. The lowest BCUT2D eigenvalue weighted by Gasteiger charge is -2.32. The summed E-state index contributed by atoms with van der Waals surface area (Å²) >= 11 is 1.30. The maximum atomic E-state index is 12.8. The minimum Gasteiger partial charge on any atom is -0.349 e. The predicted molar refractivity (Wildman–Crippen MR) is 124 cm³/mol. The number of aromatic nitrogens is 1. The van der Waals surface area contributed by atoms with Gasteiger partial charge >= 0.3 is 0 Å². The molecular weight excluding hydrogens is 446 g/mol. The van der Waals surface area contributed by atoms with Crippen molar-refractivity contribution in [3.05, 3.63) is 76.8 Å². The van der Waals surface area contributed by atoms with Gasteiger partial charge in [0.2, 0.25) is 5.78 Å². The lowest BCUT2D eigenvalue weighted by Crippen LogP contribution is -2.44. The summed E-state index contributed by atoms with van der Waals surface area (Å²) in [7, 11) is -3.39. The monoisotopic (exact) mass is 469 g/mol. The van der Waals surface area contributed by atoms with Crippen molar-refractivity contribution >= 4 is 38.0 Å². The van der Waals surface area contributed by atoms with Crippen LogP contribution in [0.15, 0.2) is 65.7 Å². The van der Waals surface area contributed by atoms with Crippen molar-refractivity contribution in [1.29, 1.82) is 0 Å². The van der Waals surface area contributed by atoms with Crippen molar-refractivity contribution in [3.8, 4) is 0 Å². The van der Waals surface area contributed by atoms with E-state index < -0.39 is 9.84 Å². The van der Waals surface area contributed by atoms with Crippen LogP contribution in [0.4, 0.5) is 5.13 Å². The maximum Gasteiger partial charge on any atom is 0.251 e. The third-order valence-corrected chi connectivity index (χ3v) is 7.55. The van der Waals surface area contributed by atoms with E-state index in [0.29, 0.717) is 16.0 Å². The average Bonchev–Trinajstić information content (AvgIpc) is 3.29. The van der Waals surface area contributed by atoms with Crippen molar-refractivity contribution in [2.24, 2.45) is 0 Å². The lowest BCUT2D eigenvalue weighted by atomic mass is 10.0. The van der Waals surface area contributed by atoms with Crippen LogP contribution in [0.25, 0.3) is 0 Å². The second-order valence-electron chi connectivity index (χ2n) is 7.74. The zero-order valence-corrected chi connectivity index (χ0v) is 19.2. The molecule has 0 aliphatic carbocycles. The smallest absolute Gasteiger partial charge is 0.251 e. The Morgan fingerprint density at radius 2 is 1.72 bits per heavy atom. The van der Waals surface area contributed by atoms with Crippen LogP contribution in [0.2, 0.25) is 0 Å². The number of hydrogen-bond donors (Lipinski definition) is 1. The molecule has 1 aromatic heterocycles. The quantitative estimate of drug-likeness (QED) is 0.557. The van der Waals surface area contributed by atoms with Gasteiger partial charge in [0.15, 0.2) is 15.0 Å². The highest BCUT2D eigenvalue weighted by Crippen LogP contribution is 2.27. The largest absolute Gasteiger partial charge is 0.349 e. The number of nitrogens with zero attached hydrogens (tertiary/aromatic N) is 2. The molecule has 0 radical (unpaired) electrons. The molecule has 1 amide bonds. The number of benzene rings is 2. The fourth-order valence-corrected chi connectivity index (χ4v) is 5.20. The minimum atomic E-state index is -3.39. The fourth-order valence-electron chi connectivity index (χ4n) is 3.60. The van der Waals surface area contributed by atoms with Crippen molar-refractivity contribution in [3.63, 3.8) is 0 Å². The van der Waals surface area contributed by atoms with Gasteiger partial charge in [0.25, 0.3) is 5.91 Å². The molecule has 0 spiro atoms. The molecule has 0 unspecified atom stereocenters. The molecule has 1 saturated heterocycles. The first kappa shape index (κ1) is 22.2. The van der Waals surface area contributed by atoms with Crippen molar-refractivity contribution in [2.45, 2.75) is 23.8 Å².